The van der Waals surface area contributed by atoms with Crippen LogP contribution < -0.4 is 4.74 Å². The molecular weight excluding hydrogens is 350 g/mol. The van der Waals surface area contributed by atoms with Gasteiger partial charge in [-0.3, -0.25) is 0 Å². The number of rotatable bonds is 5. The van der Waals surface area contributed by atoms with E-state index in [4.69, 9.17) is 14.2 Å². The predicted molar refractivity (Wildman–Crippen MR) is 99.9 cm³/mol. The molecule has 2 rings (SSSR count). The summed E-state index contributed by atoms with van der Waals surface area (Å²) in [4.78, 5) is 25.5. The second kappa shape index (κ2) is 8.17. The average Bonchev–Trinajstić information content (AvgIpc) is 2.60. The molecule has 1 N–H and O–H groups in total. The molecule has 7 heteroatoms. The van der Waals surface area contributed by atoms with Crippen molar-refractivity contribution >= 4 is 12.1 Å². The number of amides is 1. The van der Waals surface area contributed by atoms with Crippen LogP contribution in [0.3, 0.4) is 0 Å². The second-order valence-electron chi connectivity index (χ2n) is 7.82. The van der Waals surface area contributed by atoms with Crippen molar-refractivity contribution in [2.75, 3.05) is 20.2 Å². The molecule has 1 aliphatic heterocycles. The van der Waals surface area contributed by atoms with E-state index in [0.29, 0.717) is 37.2 Å². The number of piperidine rings is 1. The van der Waals surface area contributed by atoms with Gasteiger partial charge in [0, 0.05) is 38.6 Å². The van der Waals surface area contributed by atoms with E-state index in [0.717, 1.165) is 0 Å². The van der Waals surface area contributed by atoms with Crippen LogP contribution in [0.15, 0.2) is 24.3 Å². The minimum Gasteiger partial charge on any atom is -0.490 e. The molecule has 1 aliphatic rings. The summed E-state index contributed by atoms with van der Waals surface area (Å²) >= 11 is 0. The van der Waals surface area contributed by atoms with Gasteiger partial charge in [-0.2, -0.15) is 0 Å². The standard InChI is InChI=1S/C20H29NO6/c1-19(2,3)27-18(24)21-12-10-14(11-13-21)26-16-9-7-6-8-15(16)20(4,25-5)17(22)23/h6-9,14H,10-13H2,1-5H3,(H,22,23). The Hall–Kier alpha value is -2.28. The molecule has 1 saturated heterocycles. The minimum absolute atomic E-state index is 0.111. The zero-order valence-electron chi connectivity index (χ0n) is 16.7. The van der Waals surface area contributed by atoms with Crippen molar-refractivity contribution in [3.05, 3.63) is 29.8 Å². The first-order valence-electron chi connectivity index (χ1n) is 9.09. The molecule has 1 aromatic carbocycles. The molecule has 0 aliphatic carbocycles. The van der Waals surface area contributed by atoms with E-state index in [2.05, 4.69) is 0 Å². The van der Waals surface area contributed by atoms with Crippen LogP contribution in [-0.2, 0) is 19.9 Å². The first-order chi connectivity index (χ1) is 12.6. The van der Waals surface area contributed by atoms with Gasteiger partial charge in [0.25, 0.3) is 0 Å². The lowest BCUT2D eigenvalue weighted by Gasteiger charge is -2.34. The Kier molecular flexibility index (Phi) is 6.36. The predicted octanol–water partition coefficient (Wildman–Crippen LogP) is 3.41. The maximum Gasteiger partial charge on any atom is 0.410 e. The number of ether oxygens (including phenoxy) is 3. The fourth-order valence-electron chi connectivity index (χ4n) is 2.94. The van der Waals surface area contributed by atoms with Gasteiger partial charge in [-0.1, -0.05) is 18.2 Å². The van der Waals surface area contributed by atoms with Gasteiger partial charge in [-0.15, -0.1) is 0 Å². The van der Waals surface area contributed by atoms with E-state index in [1.165, 1.54) is 14.0 Å². The molecule has 27 heavy (non-hydrogen) atoms. The Labute approximate surface area is 160 Å². The van der Waals surface area contributed by atoms with Crippen molar-refractivity contribution in [2.24, 2.45) is 0 Å². The zero-order chi connectivity index (χ0) is 20.2. The lowest BCUT2D eigenvalue weighted by atomic mass is 9.94. The smallest absolute Gasteiger partial charge is 0.410 e. The zero-order valence-corrected chi connectivity index (χ0v) is 16.7. The Morgan fingerprint density at radius 1 is 1.11 bits per heavy atom. The first-order valence-corrected chi connectivity index (χ1v) is 9.09. The van der Waals surface area contributed by atoms with Crippen LogP contribution in [0.2, 0.25) is 0 Å². The van der Waals surface area contributed by atoms with Crippen LogP contribution in [0.5, 0.6) is 5.75 Å². The normalized spacial score (nSPS) is 17.9. The molecule has 150 valence electrons. The maximum absolute atomic E-state index is 12.2. The number of nitrogens with zero attached hydrogens (tertiary/aromatic N) is 1. The van der Waals surface area contributed by atoms with Crippen molar-refractivity contribution in [3.8, 4) is 5.75 Å². The molecule has 1 aromatic rings. The lowest BCUT2D eigenvalue weighted by molar-refractivity contribution is -0.161. The summed E-state index contributed by atoms with van der Waals surface area (Å²) in [5.41, 5.74) is -1.55. The molecule has 1 heterocycles. The molecule has 1 fully saturated rings. The third-order valence-electron chi connectivity index (χ3n) is 4.60. The Bertz CT molecular complexity index is 675. The topological polar surface area (TPSA) is 85.3 Å². The summed E-state index contributed by atoms with van der Waals surface area (Å²) in [6.45, 7) is 8.08. The maximum atomic E-state index is 12.2. The number of methoxy groups -OCH3 is 1. The SMILES string of the molecule is COC(C)(C(=O)O)c1ccccc1OC1CCN(C(=O)OC(C)(C)C)CC1. The van der Waals surface area contributed by atoms with Crippen molar-refractivity contribution in [1.29, 1.82) is 0 Å². The lowest BCUT2D eigenvalue weighted by Crippen LogP contribution is -2.44. The van der Waals surface area contributed by atoms with Crippen molar-refractivity contribution in [3.63, 3.8) is 0 Å². The molecular formula is C20H29NO6. The van der Waals surface area contributed by atoms with Crippen molar-refractivity contribution in [1.82, 2.24) is 4.90 Å². The molecule has 0 saturated carbocycles. The van der Waals surface area contributed by atoms with Crippen molar-refractivity contribution in [2.45, 2.75) is 57.8 Å². The number of likely N-dealkylation sites (tertiary alicyclic amines) is 1. The highest BCUT2D eigenvalue weighted by molar-refractivity contribution is 5.80. The molecule has 0 radical (unpaired) electrons. The number of benzene rings is 1. The average molecular weight is 379 g/mol. The summed E-state index contributed by atoms with van der Waals surface area (Å²) in [6.07, 6.45) is 0.855. The summed E-state index contributed by atoms with van der Waals surface area (Å²) in [7, 11) is 1.37. The third-order valence-corrected chi connectivity index (χ3v) is 4.60. The van der Waals surface area contributed by atoms with E-state index in [1.807, 2.05) is 20.8 Å². The van der Waals surface area contributed by atoms with Gasteiger partial charge in [0.15, 0.2) is 5.60 Å². The van der Waals surface area contributed by atoms with Crippen LogP contribution in [-0.4, -0.2) is 54.0 Å². The number of aliphatic carboxylic acids is 1. The number of para-hydroxylation sites is 1. The molecule has 1 atom stereocenters. The molecule has 7 nitrogen and oxygen atoms in total. The molecule has 0 spiro atoms. The quantitative estimate of drug-likeness (QED) is 0.844. The fraction of sp³-hybridized carbons (Fsp3) is 0.600. The van der Waals surface area contributed by atoms with Gasteiger partial charge in [0.1, 0.15) is 17.5 Å². The molecule has 0 bridgehead atoms. The van der Waals surface area contributed by atoms with Crippen LogP contribution in [0.4, 0.5) is 4.79 Å². The van der Waals surface area contributed by atoms with E-state index >= 15 is 0 Å². The van der Waals surface area contributed by atoms with E-state index in [-0.39, 0.29) is 12.2 Å². The molecule has 1 amide bonds. The van der Waals surface area contributed by atoms with Crippen LogP contribution in [0.25, 0.3) is 0 Å². The highest BCUT2D eigenvalue weighted by atomic mass is 16.6. The molecule has 0 aromatic heterocycles. The minimum atomic E-state index is -1.49. The largest absolute Gasteiger partial charge is 0.490 e. The van der Waals surface area contributed by atoms with Gasteiger partial charge in [-0.05, 0) is 33.8 Å². The van der Waals surface area contributed by atoms with Crippen LogP contribution in [0, 0.1) is 0 Å². The number of carbonyl (C=O) groups excluding carboxylic acids is 1. The second-order valence-corrected chi connectivity index (χ2v) is 7.82. The highest BCUT2D eigenvalue weighted by Crippen LogP contribution is 2.34. The number of hydrogen-bond acceptors (Lipinski definition) is 5. The Balaban J connectivity index is 2.04. The van der Waals surface area contributed by atoms with Gasteiger partial charge < -0.3 is 24.2 Å². The van der Waals surface area contributed by atoms with Gasteiger partial charge in [0.2, 0.25) is 0 Å². The highest BCUT2D eigenvalue weighted by Gasteiger charge is 2.38. The number of carbonyl (C=O) groups is 2. The monoisotopic (exact) mass is 379 g/mol. The number of hydrogen-bond donors (Lipinski definition) is 1. The fourth-order valence-corrected chi connectivity index (χ4v) is 2.94. The van der Waals surface area contributed by atoms with E-state index in [9.17, 15) is 14.7 Å². The van der Waals surface area contributed by atoms with Crippen LogP contribution in [0.1, 0.15) is 46.1 Å². The van der Waals surface area contributed by atoms with Gasteiger partial charge in [0.05, 0.1) is 0 Å². The molecule has 1 unspecified atom stereocenters. The van der Waals surface area contributed by atoms with E-state index < -0.39 is 17.2 Å². The Morgan fingerprint density at radius 3 is 2.22 bits per heavy atom. The first kappa shape index (κ1) is 21.0. The summed E-state index contributed by atoms with van der Waals surface area (Å²) < 4.78 is 16.8. The van der Waals surface area contributed by atoms with Crippen LogP contribution >= 0.6 is 0 Å². The van der Waals surface area contributed by atoms with Gasteiger partial charge >= 0.3 is 12.1 Å². The van der Waals surface area contributed by atoms with E-state index in [1.54, 1.807) is 29.2 Å². The number of carboxylic acids is 1. The Morgan fingerprint density at radius 2 is 1.70 bits per heavy atom. The summed E-state index contributed by atoms with van der Waals surface area (Å²) in [6, 6.07) is 7.00. The number of carboxylic acid groups (broad SMARTS) is 1. The van der Waals surface area contributed by atoms with Crippen molar-refractivity contribution < 1.29 is 28.9 Å². The summed E-state index contributed by atoms with van der Waals surface area (Å²) in [5, 5.41) is 9.57. The summed E-state index contributed by atoms with van der Waals surface area (Å²) in [5.74, 6) is -0.597. The third kappa shape index (κ3) is 5.13. The van der Waals surface area contributed by atoms with Gasteiger partial charge in [-0.25, -0.2) is 9.59 Å².